The molecule has 0 saturated heterocycles. The first-order chi connectivity index (χ1) is 17.1. The SMILES string of the molecule is C#Cc1c(Cc2c(F)cc(NC(=C)c3cnn(-c4cccnn4)c3C(F)(F)F)cc2F)ccnc1N. The Kier molecular flexibility index (Phi) is 6.39. The van der Waals surface area contributed by atoms with Crippen LogP contribution in [-0.2, 0) is 12.6 Å². The van der Waals surface area contributed by atoms with Gasteiger partial charge >= 0.3 is 6.18 Å². The number of halogens is 5. The van der Waals surface area contributed by atoms with Crippen LogP contribution in [0.15, 0.2) is 55.5 Å². The molecule has 1 aromatic carbocycles. The number of aromatic nitrogens is 5. The van der Waals surface area contributed by atoms with Crippen molar-refractivity contribution < 1.29 is 22.0 Å². The van der Waals surface area contributed by atoms with Gasteiger partial charge in [-0.1, -0.05) is 12.5 Å². The highest BCUT2D eigenvalue weighted by Gasteiger charge is 2.39. The van der Waals surface area contributed by atoms with Crippen molar-refractivity contribution in [3.05, 3.63) is 95.1 Å². The van der Waals surface area contributed by atoms with Gasteiger partial charge in [0.1, 0.15) is 17.5 Å². The highest BCUT2D eigenvalue weighted by Crippen LogP contribution is 2.36. The molecule has 0 atom stereocenters. The third kappa shape index (κ3) is 4.72. The molecule has 0 aliphatic heterocycles. The summed E-state index contributed by atoms with van der Waals surface area (Å²) < 4.78 is 71.9. The molecule has 0 aliphatic rings. The molecule has 3 aromatic heterocycles. The van der Waals surface area contributed by atoms with Crippen molar-refractivity contribution in [3.63, 3.8) is 0 Å². The van der Waals surface area contributed by atoms with Crippen molar-refractivity contribution in [2.45, 2.75) is 12.6 Å². The number of pyridine rings is 1. The van der Waals surface area contributed by atoms with E-state index in [0.29, 0.717) is 10.2 Å². The number of hydrogen-bond acceptors (Lipinski definition) is 6. The second kappa shape index (κ2) is 9.46. The fourth-order valence-corrected chi connectivity index (χ4v) is 3.53. The second-order valence-corrected chi connectivity index (χ2v) is 7.47. The molecule has 0 fully saturated rings. The summed E-state index contributed by atoms with van der Waals surface area (Å²) in [5.41, 5.74) is 3.94. The molecule has 7 nitrogen and oxygen atoms in total. The summed E-state index contributed by atoms with van der Waals surface area (Å²) in [6.45, 7) is 3.59. The molecule has 0 radical (unpaired) electrons. The van der Waals surface area contributed by atoms with Gasteiger partial charge < -0.3 is 11.1 Å². The van der Waals surface area contributed by atoms with Crippen LogP contribution in [0.4, 0.5) is 33.5 Å². The maximum absolute atomic E-state index is 14.9. The maximum Gasteiger partial charge on any atom is 0.434 e. The number of alkyl halides is 3. The molecule has 36 heavy (non-hydrogen) atoms. The summed E-state index contributed by atoms with van der Waals surface area (Å²) in [6, 6.07) is 6.05. The highest BCUT2D eigenvalue weighted by atomic mass is 19.4. The van der Waals surface area contributed by atoms with Crippen LogP contribution >= 0.6 is 0 Å². The summed E-state index contributed by atoms with van der Waals surface area (Å²) in [5, 5.41) is 13.5. The third-order valence-corrected chi connectivity index (χ3v) is 5.15. The summed E-state index contributed by atoms with van der Waals surface area (Å²) in [5.74, 6) is 0.323. The first-order valence-corrected chi connectivity index (χ1v) is 10.2. The van der Waals surface area contributed by atoms with Gasteiger partial charge in [-0.05, 0) is 35.9 Å². The van der Waals surface area contributed by atoms with Gasteiger partial charge in [-0.3, -0.25) is 0 Å². The Hall–Kier alpha value is -4.79. The number of anilines is 2. The van der Waals surface area contributed by atoms with Gasteiger partial charge in [0.05, 0.1) is 11.8 Å². The van der Waals surface area contributed by atoms with E-state index in [1.807, 2.05) is 0 Å². The predicted molar refractivity (Wildman–Crippen MR) is 123 cm³/mol. The van der Waals surface area contributed by atoms with Gasteiger partial charge in [-0.2, -0.15) is 23.4 Å². The monoisotopic (exact) mass is 497 g/mol. The Bertz CT molecular complexity index is 1460. The van der Waals surface area contributed by atoms with Crippen molar-refractivity contribution >= 4 is 17.2 Å². The van der Waals surface area contributed by atoms with Crippen molar-refractivity contribution in [1.82, 2.24) is 25.0 Å². The molecule has 4 rings (SSSR count). The Morgan fingerprint density at radius 1 is 1.17 bits per heavy atom. The van der Waals surface area contributed by atoms with Crippen molar-refractivity contribution in [2.75, 3.05) is 11.1 Å². The lowest BCUT2D eigenvalue weighted by atomic mass is 10.00. The summed E-state index contributed by atoms with van der Waals surface area (Å²) in [6.07, 6.45) is 3.94. The van der Waals surface area contributed by atoms with Gasteiger partial charge in [-0.15, -0.1) is 11.5 Å². The van der Waals surface area contributed by atoms with Crippen LogP contribution in [0.2, 0.25) is 0 Å². The lowest BCUT2D eigenvalue weighted by Crippen LogP contribution is -2.17. The number of nitrogens with two attached hydrogens (primary N) is 1. The maximum atomic E-state index is 14.9. The minimum atomic E-state index is -4.85. The zero-order valence-electron chi connectivity index (χ0n) is 18.3. The van der Waals surface area contributed by atoms with E-state index in [0.717, 1.165) is 18.3 Å². The molecule has 0 saturated carbocycles. The fraction of sp³-hybridized carbons (Fsp3) is 0.0833. The number of rotatable bonds is 6. The molecule has 3 heterocycles. The number of hydrogen-bond donors (Lipinski definition) is 2. The standard InChI is InChI=1S/C24H16F5N7/c1-3-16-14(6-8-31-23(16)30)9-17-19(25)10-15(11-20(17)26)34-13(2)18-12-33-36(22(18)24(27,28)29)21-5-4-7-32-35-21/h1,4-8,10-12,34H,2,9H2,(H2,30,31). The number of nitrogens with one attached hydrogen (secondary N) is 1. The highest BCUT2D eigenvalue weighted by molar-refractivity contribution is 5.77. The molecule has 12 heteroatoms. The van der Waals surface area contributed by atoms with Crippen LogP contribution in [0, 0.1) is 24.0 Å². The first kappa shape index (κ1) is 24.3. The van der Waals surface area contributed by atoms with E-state index in [1.54, 1.807) is 0 Å². The molecule has 0 aliphatic carbocycles. The van der Waals surface area contributed by atoms with E-state index in [-0.39, 0.29) is 40.6 Å². The molecule has 4 aromatic rings. The normalized spacial score (nSPS) is 11.2. The number of terminal acetylenes is 1. The molecule has 0 bridgehead atoms. The summed E-state index contributed by atoms with van der Waals surface area (Å²) >= 11 is 0. The van der Waals surface area contributed by atoms with E-state index in [2.05, 4.69) is 38.1 Å². The van der Waals surface area contributed by atoms with Crippen LogP contribution in [-0.4, -0.2) is 25.0 Å². The van der Waals surface area contributed by atoms with Crippen molar-refractivity contribution in [1.29, 1.82) is 0 Å². The number of nitrogens with zero attached hydrogens (tertiary/aromatic N) is 5. The minimum Gasteiger partial charge on any atom is -0.383 e. The van der Waals surface area contributed by atoms with E-state index in [1.165, 1.54) is 30.6 Å². The molecule has 0 amide bonds. The third-order valence-electron chi connectivity index (χ3n) is 5.15. The quantitative estimate of drug-likeness (QED) is 0.299. The zero-order valence-corrected chi connectivity index (χ0v) is 18.3. The van der Waals surface area contributed by atoms with Crippen LogP contribution in [0.5, 0.6) is 0 Å². The number of nitrogen functional groups attached to an aromatic ring is 1. The first-order valence-electron chi connectivity index (χ1n) is 10.2. The molecule has 0 spiro atoms. The molecule has 3 N–H and O–H groups in total. The smallest absolute Gasteiger partial charge is 0.383 e. The predicted octanol–water partition coefficient (Wildman–Crippen LogP) is 4.59. The van der Waals surface area contributed by atoms with E-state index < -0.39 is 29.1 Å². The molecule has 182 valence electrons. The van der Waals surface area contributed by atoms with Gasteiger partial charge in [0.25, 0.3) is 0 Å². The molecular formula is C24H16F5N7. The molecular weight excluding hydrogens is 481 g/mol. The summed E-state index contributed by atoms with van der Waals surface area (Å²) in [7, 11) is 0. The lowest BCUT2D eigenvalue weighted by molar-refractivity contribution is -0.143. The van der Waals surface area contributed by atoms with Gasteiger partial charge in [0.2, 0.25) is 0 Å². The second-order valence-electron chi connectivity index (χ2n) is 7.47. The van der Waals surface area contributed by atoms with Crippen LogP contribution in [0.25, 0.3) is 11.5 Å². The Morgan fingerprint density at radius 3 is 2.50 bits per heavy atom. The molecule has 0 unspecified atom stereocenters. The van der Waals surface area contributed by atoms with E-state index >= 15 is 0 Å². The van der Waals surface area contributed by atoms with Crippen LogP contribution in [0.3, 0.4) is 0 Å². The van der Waals surface area contributed by atoms with Crippen molar-refractivity contribution in [2.24, 2.45) is 0 Å². The van der Waals surface area contributed by atoms with Crippen LogP contribution in [0.1, 0.15) is 27.9 Å². The minimum absolute atomic E-state index is 0.0490. The van der Waals surface area contributed by atoms with Gasteiger partial charge in [0, 0.05) is 41.3 Å². The largest absolute Gasteiger partial charge is 0.434 e. The Morgan fingerprint density at radius 2 is 1.89 bits per heavy atom. The number of benzene rings is 1. The van der Waals surface area contributed by atoms with E-state index in [4.69, 9.17) is 12.2 Å². The van der Waals surface area contributed by atoms with Gasteiger partial charge in [0.15, 0.2) is 11.5 Å². The Labute approximate surface area is 201 Å². The Balaban J connectivity index is 1.64. The average Bonchev–Trinajstić information content (AvgIpc) is 3.28. The zero-order chi connectivity index (χ0) is 26.0. The summed E-state index contributed by atoms with van der Waals surface area (Å²) in [4.78, 5) is 3.85. The van der Waals surface area contributed by atoms with Gasteiger partial charge in [-0.25, -0.2) is 18.4 Å². The lowest BCUT2D eigenvalue weighted by Gasteiger charge is -2.15. The van der Waals surface area contributed by atoms with Crippen LogP contribution < -0.4 is 11.1 Å². The van der Waals surface area contributed by atoms with E-state index in [9.17, 15) is 22.0 Å². The van der Waals surface area contributed by atoms with Crippen molar-refractivity contribution in [3.8, 4) is 18.2 Å². The fourth-order valence-electron chi connectivity index (χ4n) is 3.53. The average molecular weight is 497 g/mol. The topological polar surface area (TPSA) is 94.5 Å².